The van der Waals surface area contributed by atoms with Crippen LogP contribution in [-0.2, 0) is 0 Å². The van der Waals surface area contributed by atoms with Crippen molar-refractivity contribution in [3.05, 3.63) is 34.2 Å². The number of nitrogens with two attached hydrogens (primary N) is 1. The molecule has 0 radical (unpaired) electrons. The van der Waals surface area contributed by atoms with E-state index in [2.05, 4.69) is 50.5 Å². The Morgan fingerprint density at radius 3 is 2.71 bits per heavy atom. The highest BCUT2D eigenvalue weighted by Crippen LogP contribution is 2.47. The molecule has 1 heterocycles. The minimum absolute atomic E-state index is 0.193. The molecular formula is C17H27N3S. The van der Waals surface area contributed by atoms with E-state index in [-0.39, 0.29) is 5.41 Å². The van der Waals surface area contributed by atoms with Gasteiger partial charge in [0.05, 0.1) is 0 Å². The molecule has 2 atom stereocenters. The molecule has 0 aromatic carbocycles. The van der Waals surface area contributed by atoms with Gasteiger partial charge < -0.3 is 5.73 Å². The SMILES string of the molecule is C=C(S/C(=C\C)C(C)(C)C)C1CCC(c2cc(N)n[nH]2)C1. The summed E-state index contributed by atoms with van der Waals surface area (Å²) in [7, 11) is 0. The molecule has 1 aromatic rings. The largest absolute Gasteiger partial charge is 0.382 e. The van der Waals surface area contributed by atoms with Gasteiger partial charge in [0.25, 0.3) is 0 Å². The molecule has 1 aliphatic rings. The molecule has 0 saturated heterocycles. The Bertz CT molecular complexity index is 536. The lowest BCUT2D eigenvalue weighted by atomic mass is 9.96. The molecule has 1 aliphatic carbocycles. The zero-order chi connectivity index (χ0) is 15.6. The van der Waals surface area contributed by atoms with Crippen LogP contribution in [-0.4, -0.2) is 10.2 Å². The molecule has 4 heteroatoms. The zero-order valence-corrected chi connectivity index (χ0v) is 14.4. The summed E-state index contributed by atoms with van der Waals surface area (Å²) in [6.07, 6.45) is 5.76. The van der Waals surface area contributed by atoms with Crippen molar-refractivity contribution in [2.45, 2.75) is 52.9 Å². The van der Waals surface area contributed by atoms with Crippen LogP contribution in [0, 0.1) is 11.3 Å². The second-order valence-corrected chi connectivity index (χ2v) is 8.09. The highest BCUT2D eigenvalue weighted by Gasteiger charge is 2.30. The predicted molar refractivity (Wildman–Crippen MR) is 93.0 cm³/mol. The van der Waals surface area contributed by atoms with Gasteiger partial charge in [0.1, 0.15) is 5.82 Å². The lowest BCUT2D eigenvalue weighted by Gasteiger charge is -2.24. The van der Waals surface area contributed by atoms with Crippen LogP contribution in [0.2, 0.25) is 0 Å². The van der Waals surface area contributed by atoms with Crippen molar-refractivity contribution in [1.29, 1.82) is 0 Å². The molecule has 2 unspecified atom stereocenters. The van der Waals surface area contributed by atoms with Gasteiger partial charge in [0.15, 0.2) is 0 Å². The van der Waals surface area contributed by atoms with Crippen LogP contribution in [0.1, 0.15) is 58.6 Å². The van der Waals surface area contributed by atoms with E-state index in [1.54, 1.807) is 0 Å². The summed E-state index contributed by atoms with van der Waals surface area (Å²) < 4.78 is 0. The van der Waals surface area contributed by atoms with Gasteiger partial charge >= 0.3 is 0 Å². The van der Waals surface area contributed by atoms with E-state index in [0.717, 1.165) is 6.42 Å². The van der Waals surface area contributed by atoms with Crippen molar-refractivity contribution in [3.8, 4) is 0 Å². The van der Waals surface area contributed by atoms with Gasteiger partial charge in [-0.3, -0.25) is 5.10 Å². The molecule has 1 fully saturated rings. The highest BCUT2D eigenvalue weighted by atomic mass is 32.2. The maximum atomic E-state index is 5.70. The summed E-state index contributed by atoms with van der Waals surface area (Å²) in [5.41, 5.74) is 7.07. The molecule has 3 N–H and O–H groups in total. The number of nitrogen functional groups attached to an aromatic ring is 1. The molecule has 0 bridgehead atoms. The van der Waals surface area contributed by atoms with Gasteiger partial charge in [-0.25, -0.2) is 0 Å². The van der Waals surface area contributed by atoms with Crippen molar-refractivity contribution in [2.24, 2.45) is 11.3 Å². The van der Waals surface area contributed by atoms with Gasteiger partial charge in [-0.15, -0.1) is 0 Å². The van der Waals surface area contributed by atoms with Crippen LogP contribution >= 0.6 is 11.8 Å². The second kappa shape index (κ2) is 6.30. The smallest absolute Gasteiger partial charge is 0.145 e. The van der Waals surface area contributed by atoms with Crippen molar-refractivity contribution < 1.29 is 0 Å². The monoisotopic (exact) mass is 305 g/mol. The van der Waals surface area contributed by atoms with Gasteiger partial charge in [-0.05, 0) is 47.3 Å². The molecule has 1 saturated carbocycles. The minimum atomic E-state index is 0.193. The van der Waals surface area contributed by atoms with Crippen LogP contribution in [0.15, 0.2) is 28.5 Å². The Labute approximate surface area is 132 Å². The van der Waals surface area contributed by atoms with Crippen molar-refractivity contribution in [3.63, 3.8) is 0 Å². The lowest BCUT2D eigenvalue weighted by molar-refractivity contribution is 0.532. The van der Waals surface area contributed by atoms with E-state index in [4.69, 9.17) is 5.73 Å². The topological polar surface area (TPSA) is 54.7 Å². The van der Waals surface area contributed by atoms with Gasteiger partial charge in [0, 0.05) is 17.7 Å². The molecule has 116 valence electrons. The third kappa shape index (κ3) is 3.94. The maximum absolute atomic E-state index is 5.70. The van der Waals surface area contributed by atoms with Gasteiger partial charge in [-0.1, -0.05) is 45.2 Å². The first kappa shape index (κ1) is 16.2. The van der Waals surface area contributed by atoms with E-state index in [0.29, 0.717) is 17.7 Å². The van der Waals surface area contributed by atoms with E-state index in [1.807, 2.05) is 17.8 Å². The van der Waals surface area contributed by atoms with Crippen molar-refractivity contribution in [1.82, 2.24) is 10.2 Å². The fourth-order valence-electron chi connectivity index (χ4n) is 2.99. The highest BCUT2D eigenvalue weighted by molar-refractivity contribution is 8.06. The summed E-state index contributed by atoms with van der Waals surface area (Å²) in [6, 6.07) is 1.97. The standard InChI is InChI=1S/C17H27N3S/c1-6-15(17(3,4)5)21-11(2)12-7-8-13(9-12)14-10-16(18)20-19-14/h6,10,12-13H,2,7-9H2,1,3-5H3,(H3,18,19,20)/b15-6-. The number of nitrogens with one attached hydrogen (secondary N) is 1. The number of aromatic amines is 1. The van der Waals surface area contributed by atoms with E-state index >= 15 is 0 Å². The summed E-state index contributed by atoms with van der Waals surface area (Å²) >= 11 is 1.87. The number of rotatable bonds is 4. The number of hydrogen-bond donors (Lipinski definition) is 2. The third-order valence-electron chi connectivity index (χ3n) is 4.19. The molecule has 0 amide bonds. The minimum Gasteiger partial charge on any atom is -0.382 e. The molecule has 0 spiro atoms. The summed E-state index contributed by atoms with van der Waals surface area (Å²) in [6.45, 7) is 13.2. The predicted octanol–water partition coefficient (Wildman–Crippen LogP) is 5.07. The Morgan fingerprint density at radius 2 is 2.19 bits per heavy atom. The van der Waals surface area contributed by atoms with E-state index in [9.17, 15) is 0 Å². The number of anilines is 1. The second-order valence-electron chi connectivity index (χ2n) is 6.93. The number of hydrogen-bond acceptors (Lipinski definition) is 3. The van der Waals surface area contributed by atoms with Gasteiger partial charge in [0.2, 0.25) is 0 Å². The fraction of sp³-hybridized carbons (Fsp3) is 0.588. The molecule has 3 nitrogen and oxygen atoms in total. The van der Waals surface area contributed by atoms with Crippen LogP contribution in [0.5, 0.6) is 0 Å². The quantitative estimate of drug-likeness (QED) is 0.816. The number of nitrogens with zero attached hydrogens (tertiary/aromatic N) is 1. The van der Waals surface area contributed by atoms with Crippen molar-refractivity contribution >= 4 is 17.6 Å². The zero-order valence-electron chi connectivity index (χ0n) is 13.6. The Kier molecular flexibility index (Phi) is 4.87. The first-order chi connectivity index (χ1) is 9.81. The number of thioether (sulfide) groups is 1. The van der Waals surface area contributed by atoms with E-state index < -0.39 is 0 Å². The first-order valence-electron chi connectivity index (χ1n) is 7.65. The van der Waals surface area contributed by atoms with Crippen LogP contribution in [0.4, 0.5) is 5.82 Å². The maximum Gasteiger partial charge on any atom is 0.145 e. The molecule has 21 heavy (non-hydrogen) atoms. The first-order valence-corrected chi connectivity index (χ1v) is 8.47. The molecule has 0 aliphatic heterocycles. The Morgan fingerprint density at radius 1 is 1.48 bits per heavy atom. The average molecular weight is 305 g/mol. The van der Waals surface area contributed by atoms with Crippen LogP contribution in [0.3, 0.4) is 0 Å². The average Bonchev–Trinajstić information content (AvgIpc) is 3.02. The van der Waals surface area contributed by atoms with Gasteiger partial charge in [-0.2, -0.15) is 5.10 Å². The number of allylic oxidation sites excluding steroid dienone is 3. The lowest BCUT2D eigenvalue weighted by Crippen LogP contribution is -2.08. The summed E-state index contributed by atoms with van der Waals surface area (Å²) in [5.74, 6) is 1.72. The molecular weight excluding hydrogens is 278 g/mol. The summed E-state index contributed by atoms with van der Waals surface area (Å²) in [5, 5.41) is 7.10. The number of aromatic nitrogens is 2. The number of H-pyrrole nitrogens is 1. The van der Waals surface area contributed by atoms with Crippen LogP contribution < -0.4 is 5.73 Å². The Hall–Kier alpha value is -1.16. The van der Waals surface area contributed by atoms with Crippen molar-refractivity contribution in [2.75, 3.05) is 5.73 Å². The normalized spacial score (nSPS) is 23.5. The van der Waals surface area contributed by atoms with Crippen LogP contribution in [0.25, 0.3) is 0 Å². The Balaban J connectivity index is 1.96. The summed E-state index contributed by atoms with van der Waals surface area (Å²) in [4.78, 5) is 2.70. The molecule has 2 rings (SSSR count). The van der Waals surface area contributed by atoms with E-state index in [1.165, 1.54) is 28.3 Å². The third-order valence-corrected chi connectivity index (χ3v) is 5.85. The fourth-order valence-corrected chi connectivity index (χ4v) is 4.08. The molecule has 1 aromatic heterocycles.